The summed E-state index contributed by atoms with van der Waals surface area (Å²) in [5.41, 5.74) is 1.19. The van der Waals surface area contributed by atoms with E-state index >= 15 is 0 Å². The van der Waals surface area contributed by atoms with E-state index in [1.807, 2.05) is 32.0 Å². The molecule has 7 heteroatoms. The van der Waals surface area contributed by atoms with E-state index in [2.05, 4.69) is 15.4 Å². The first-order chi connectivity index (χ1) is 13.0. The average Bonchev–Trinajstić information content (AvgIpc) is 2.65. The van der Waals surface area contributed by atoms with Gasteiger partial charge in [-0.25, -0.2) is 9.67 Å². The van der Waals surface area contributed by atoms with Gasteiger partial charge in [0.2, 0.25) is 11.8 Å². The second-order valence-electron chi connectivity index (χ2n) is 6.51. The van der Waals surface area contributed by atoms with E-state index in [0.29, 0.717) is 28.9 Å². The van der Waals surface area contributed by atoms with Crippen LogP contribution in [0.1, 0.15) is 25.1 Å². The standard InChI is InChI=1S/C20H22N4O3/c1-13(2)27-19-14(7-6-10-21-19)12-22-18(25)11-17-15-8-4-5-9-16(15)20(26)24(3)23-17/h4-10,13H,11-12H2,1-3H3,(H,22,25). The van der Waals surface area contributed by atoms with E-state index in [1.54, 1.807) is 31.4 Å². The van der Waals surface area contributed by atoms with Crippen molar-refractivity contribution in [2.24, 2.45) is 7.05 Å². The predicted octanol–water partition coefficient (Wildman–Crippen LogP) is 1.97. The van der Waals surface area contributed by atoms with Gasteiger partial charge in [-0.3, -0.25) is 9.59 Å². The third-order valence-corrected chi connectivity index (χ3v) is 4.03. The summed E-state index contributed by atoms with van der Waals surface area (Å²) in [6.07, 6.45) is 1.73. The Morgan fingerprint density at radius 3 is 2.67 bits per heavy atom. The summed E-state index contributed by atoms with van der Waals surface area (Å²) in [4.78, 5) is 28.9. The van der Waals surface area contributed by atoms with E-state index in [-0.39, 0.29) is 24.0 Å². The Morgan fingerprint density at radius 2 is 1.93 bits per heavy atom. The van der Waals surface area contributed by atoms with Crippen LogP contribution in [-0.2, 0) is 24.8 Å². The summed E-state index contributed by atoms with van der Waals surface area (Å²) in [6.45, 7) is 4.15. The van der Waals surface area contributed by atoms with Crippen molar-refractivity contribution < 1.29 is 9.53 Å². The number of rotatable bonds is 6. The zero-order valence-corrected chi connectivity index (χ0v) is 15.6. The van der Waals surface area contributed by atoms with Gasteiger partial charge in [-0.1, -0.05) is 24.3 Å². The van der Waals surface area contributed by atoms with Gasteiger partial charge in [-0.2, -0.15) is 5.10 Å². The number of aromatic nitrogens is 3. The topological polar surface area (TPSA) is 86.1 Å². The fraction of sp³-hybridized carbons (Fsp3) is 0.300. The molecule has 7 nitrogen and oxygen atoms in total. The summed E-state index contributed by atoms with van der Waals surface area (Å²) in [6, 6.07) is 10.8. The first kappa shape index (κ1) is 18.6. The Morgan fingerprint density at radius 1 is 1.19 bits per heavy atom. The van der Waals surface area contributed by atoms with E-state index < -0.39 is 0 Å². The van der Waals surface area contributed by atoms with Crippen LogP contribution in [0.2, 0.25) is 0 Å². The number of ether oxygens (including phenoxy) is 1. The number of benzene rings is 1. The lowest BCUT2D eigenvalue weighted by molar-refractivity contribution is -0.120. The molecule has 0 unspecified atom stereocenters. The first-order valence-corrected chi connectivity index (χ1v) is 8.78. The van der Waals surface area contributed by atoms with Gasteiger partial charge >= 0.3 is 0 Å². The number of fused-ring (bicyclic) bond motifs is 1. The predicted molar refractivity (Wildman–Crippen MR) is 103 cm³/mol. The summed E-state index contributed by atoms with van der Waals surface area (Å²) >= 11 is 0. The van der Waals surface area contributed by atoms with E-state index in [0.717, 1.165) is 5.56 Å². The molecule has 0 saturated heterocycles. The van der Waals surface area contributed by atoms with Gasteiger partial charge in [0, 0.05) is 30.7 Å². The first-order valence-electron chi connectivity index (χ1n) is 8.78. The van der Waals surface area contributed by atoms with Gasteiger partial charge in [0.1, 0.15) is 0 Å². The molecule has 0 atom stereocenters. The molecule has 0 spiro atoms. The van der Waals surface area contributed by atoms with Crippen LogP contribution < -0.4 is 15.6 Å². The van der Waals surface area contributed by atoms with Crippen molar-refractivity contribution in [1.82, 2.24) is 20.1 Å². The van der Waals surface area contributed by atoms with Crippen LogP contribution in [0.3, 0.4) is 0 Å². The highest BCUT2D eigenvalue weighted by atomic mass is 16.5. The molecular formula is C20H22N4O3. The zero-order valence-electron chi connectivity index (χ0n) is 15.6. The number of amides is 1. The lowest BCUT2D eigenvalue weighted by Crippen LogP contribution is -2.28. The van der Waals surface area contributed by atoms with Gasteiger partial charge in [-0.05, 0) is 26.0 Å². The Hall–Kier alpha value is -3.22. The minimum Gasteiger partial charge on any atom is -0.475 e. The number of carbonyl (C=O) groups excluding carboxylic acids is 1. The van der Waals surface area contributed by atoms with Crippen LogP contribution in [0.4, 0.5) is 0 Å². The second-order valence-corrected chi connectivity index (χ2v) is 6.51. The summed E-state index contributed by atoms with van der Waals surface area (Å²) in [7, 11) is 1.58. The van der Waals surface area contributed by atoms with Crippen LogP contribution in [0, 0.1) is 0 Å². The molecule has 1 aromatic carbocycles. The van der Waals surface area contributed by atoms with Gasteiger partial charge in [0.25, 0.3) is 5.56 Å². The molecular weight excluding hydrogens is 344 g/mol. The molecule has 3 aromatic rings. The molecule has 2 heterocycles. The second kappa shape index (κ2) is 7.99. The zero-order chi connectivity index (χ0) is 19.4. The van der Waals surface area contributed by atoms with Crippen molar-refractivity contribution in [3.63, 3.8) is 0 Å². The molecule has 3 rings (SSSR count). The van der Waals surface area contributed by atoms with Gasteiger partial charge < -0.3 is 10.1 Å². The molecule has 1 N–H and O–H groups in total. The van der Waals surface area contributed by atoms with Gasteiger partial charge in [-0.15, -0.1) is 0 Å². The van der Waals surface area contributed by atoms with Crippen molar-refractivity contribution in [1.29, 1.82) is 0 Å². The maximum atomic E-state index is 12.5. The summed E-state index contributed by atoms with van der Waals surface area (Å²) in [5, 5.41) is 8.38. The molecule has 27 heavy (non-hydrogen) atoms. The Bertz CT molecular complexity index is 1030. The highest BCUT2D eigenvalue weighted by molar-refractivity contribution is 5.88. The molecule has 0 aliphatic carbocycles. The Labute approximate surface area is 157 Å². The van der Waals surface area contributed by atoms with Crippen molar-refractivity contribution in [3.8, 4) is 5.88 Å². The van der Waals surface area contributed by atoms with Crippen molar-refractivity contribution in [2.45, 2.75) is 32.9 Å². The molecule has 0 aliphatic rings. The molecule has 140 valence electrons. The smallest absolute Gasteiger partial charge is 0.274 e. The van der Waals surface area contributed by atoms with Crippen LogP contribution >= 0.6 is 0 Å². The highest BCUT2D eigenvalue weighted by Crippen LogP contribution is 2.16. The van der Waals surface area contributed by atoms with Crippen molar-refractivity contribution in [3.05, 3.63) is 64.2 Å². The highest BCUT2D eigenvalue weighted by Gasteiger charge is 2.13. The maximum Gasteiger partial charge on any atom is 0.274 e. The van der Waals surface area contributed by atoms with Gasteiger partial charge in [0.15, 0.2) is 0 Å². The number of carbonyl (C=O) groups is 1. The van der Waals surface area contributed by atoms with E-state index in [4.69, 9.17) is 4.74 Å². The lowest BCUT2D eigenvalue weighted by atomic mass is 10.1. The fourth-order valence-electron chi connectivity index (χ4n) is 2.80. The molecule has 2 aromatic heterocycles. The Kier molecular flexibility index (Phi) is 5.49. The fourth-order valence-corrected chi connectivity index (χ4v) is 2.80. The third kappa shape index (κ3) is 4.31. The number of hydrogen-bond acceptors (Lipinski definition) is 5. The van der Waals surface area contributed by atoms with Crippen LogP contribution in [-0.4, -0.2) is 26.8 Å². The SMILES string of the molecule is CC(C)Oc1ncccc1CNC(=O)Cc1nn(C)c(=O)c2ccccc12. The largest absolute Gasteiger partial charge is 0.475 e. The lowest BCUT2D eigenvalue weighted by Gasteiger charge is -2.13. The minimum atomic E-state index is -0.189. The van der Waals surface area contributed by atoms with Crippen molar-refractivity contribution in [2.75, 3.05) is 0 Å². The number of hydrogen-bond donors (Lipinski definition) is 1. The molecule has 0 radical (unpaired) electrons. The number of nitrogens with zero attached hydrogens (tertiary/aromatic N) is 3. The number of pyridine rings is 1. The number of aryl methyl sites for hydroxylation is 1. The molecule has 0 aliphatic heterocycles. The molecule has 0 bridgehead atoms. The minimum absolute atomic E-state index is 0.00415. The monoisotopic (exact) mass is 366 g/mol. The number of nitrogens with one attached hydrogen (secondary N) is 1. The molecule has 1 amide bonds. The van der Waals surface area contributed by atoms with Gasteiger partial charge in [0.05, 0.1) is 23.6 Å². The third-order valence-electron chi connectivity index (χ3n) is 4.03. The average molecular weight is 366 g/mol. The van der Waals surface area contributed by atoms with Crippen LogP contribution in [0.25, 0.3) is 10.8 Å². The summed E-state index contributed by atoms with van der Waals surface area (Å²) in [5.74, 6) is 0.323. The van der Waals surface area contributed by atoms with Crippen molar-refractivity contribution >= 4 is 16.7 Å². The summed E-state index contributed by atoms with van der Waals surface area (Å²) < 4.78 is 6.93. The van der Waals surface area contributed by atoms with Crippen LogP contribution in [0.5, 0.6) is 5.88 Å². The van der Waals surface area contributed by atoms with E-state index in [9.17, 15) is 9.59 Å². The molecule has 0 saturated carbocycles. The quantitative estimate of drug-likeness (QED) is 0.721. The normalized spacial score (nSPS) is 11.0. The van der Waals surface area contributed by atoms with Crippen LogP contribution in [0.15, 0.2) is 47.4 Å². The molecule has 0 fully saturated rings. The van der Waals surface area contributed by atoms with E-state index in [1.165, 1.54) is 4.68 Å². The maximum absolute atomic E-state index is 12.5. The Balaban J connectivity index is 1.75.